The lowest BCUT2D eigenvalue weighted by molar-refractivity contribution is -0.148. The minimum atomic E-state index is -0.919. The highest BCUT2D eigenvalue weighted by molar-refractivity contribution is 5.72. The number of hydrogen-bond acceptors (Lipinski definition) is 5. The molecular formula is C23H28O5. The molecule has 150 valence electrons. The van der Waals surface area contributed by atoms with E-state index in [-0.39, 0.29) is 0 Å². The smallest absolute Gasteiger partial charge is 0.311 e. The summed E-state index contributed by atoms with van der Waals surface area (Å²) in [6, 6.07) is 15.5. The van der Waals surface area contributed by atoms with Gasteiger partial charge in [0.05, 0.1) is 32.8 Å². The van der Waals surface area contributed by atoms with Gasteiger partial charge in [-0.25, -0.2) is 0 Å². The standard InChI is InChI=1S/C23H28O5/c1-15(23(25)27-3)22(24)17-7-5-9-21(13-17)28-14-19-12-18(19)10-16-6-4-8-20(11-16)26-2/h4-9,11,13,15,18-19,22,24H,10,12,14H2,1-3H3/t15-,18+,19-,22+/m0/s1. The van der Waals surface area contributed by atoms with Crippen LogP contribution in [0.5, 0.6) is 11.5 Å². The van der Waals surface area contributed by atoms with Crippen LogP contribution >= 0.6 is 0 Å². The second-order valence-electron chi connectivity index (χ2n) is 7.45. The van der Waals surface area contributed by atoms with Gasteiger partial charge in [0.25, 0.3) is 0 Å². The summed E-state index contributed by atoms with van der Waals surface area (Å²) in [6.45, 7) is 2.30. The lowest BCUT2D eigenvalue weighted by atomic mass is 9.97. The van der Waals surface area contributed by atoms with Crippen molar-refractivity contribution < 1.29 is 24.1 Å². The molecule has 1 N–H and O–H groups in total. The molecular weight excluding hydrogens is 356 g/mol. The number of benzene rings is 2. The molecule has 3 rings (SSSR count). The summed E-state index contributed by atoms with van der Waals surface area (Å²) < 4.78 is 15.9. The summed E-state index contributed by atoms with van der Waals surface area (Å²) in [7, 11) is 3.01. The van der Waals surface area contributed by atoms with Crippen LogP contribution in [0.1, 0.15) is 30.6 Å². The predicted octanol–water partition coefficient (Wildman–Crippen LogP) is 3.80. The Morgan fingerprint density at radius 2 is 1.86 bits per heavy atom. The van der Waals surface area contributed by atoms with Crippen LogP contribution in [0.3, 0.4) is 0 Å². The minimum absolute atomic E-state index is 0.433. The van der Waals surface area contributed by atoms with E-state index in [1.165, 1.54) is 12.7 Å². The van der Waals surface area contributed by atoms with Crippen molar-refractivity contribution in [2.24, 2.45) is 17.8 Å². The second-order valence-corrected chi connectivity index (χ2v) is 7.45. The van der Waals surface area contributed by atoms with Crippen LogP contribution in [-0.2, 0) is 16.0 Å². The average Bonchev–Trinajstić information content (AvgIpc) is 3.48. The molecule has 0 spiro atoms. The van der Waals surface area contributed by atoms with E-state index in [0.717, 1.165) is 18.6 Å². The van der Waals surface area contributed by atoms with Crippen LogP contribution in [0, 0.1) is 17.8 Å². The van der Waals surface area contributed by atoms with Crippen molar-refractivity contribution in [3.05, 3.63) is 59.7 Å². The van der Waals surface area contributed by atoms with Crippen LogP contribution < -0.4 is 9.47 Å². The van der Waals surface area contributed by atoms with Crippen molar-refractivity contribution in [1.82, 2.24) is 0 Å². The van der Waals surface area contributed by atoms with Gasteiger partial charge < -0.3 is 19.3 Å². The Morgan fingerprint density at radius 3 is 2.61 bits per heavy atom. The van der Waals surface area contributed by atoms with Crippen molar-refractivity contribution in [2.45, 2.75) is 25.9 Å². The van der Waals surface area contributed by atoms with Gasteiger partial charge in [0.2, 0.25) is 0 Å². The number of carbonyl (C=O) groups is 1. The minimum Gasteiger partial charge on any atom is -0.497 e. The highest BCUT2D eigenvalue weighted by Crippen LogP contribution is 2.41. The maximum atomic E-state index is 11.6. The van der Waals surface area contributed by atoms with Crippen molar-refractivity contribution in [3.63, 3.8) is 0 Å². The first-order chi connectivity index (χ1) is 13.5. The zero-order valence-corrected chi connectivity index (χ0v) is 16.6. The average molecular weight is 384 g/mol. The largest absolute Gasteiger partial charge is 0.497 e. The highest BCUT2D eigenvalue weighted by Gasteiger charge is 2.37. The molecule has 0 aliphatic heterocycles. The van der Waals surface area contributed by atoms with Crippen molar-refractivity contribution in [1.29, 1.82) is 0 Å². The molecule has 0 heterocycles. The van der Waals surface area contributed by atoms with Gasteiger partial charge in [-0.05, 0) is 67.0 Å². The quantitative estimate of drug-likeness (QED) is 0.666. The molecule has 1 aliphatic carbocycles. The van der Waals surface area contributed by atoms with Gasteiger partial charge in [0, 0.05) is 0 Å². The Hall–Kier alpha value is -2.53. The molecule has 1 fully saturated rings. The van der Waals surface area contributed by atoms with Gasteiger partial charge in [-0.3, -0.25) is 4.79 Å². The Kier molecular flexibility index (Phi) is 6.57. The summed E-state index contributed by atoms with van der Waals surface area (Å²) >= 11 is 0. The molecule has 5 nitrogen and oxygen atoms in total. The maximum absolute atomic E-state index is 11.6. The van der Waals surface area contributed by atoms with Crippen molar-refractivity contribution in [2.75, 3.05) is 20.8 Å². The van der Waals surface area contributed by atoms with E-state index in [1.807, 2.05) is 24.3 Å². The number of carbonyl (C=O) groups excluding carboxylic acids is 1. The maximum Gasteiger partial charge on any atom is 0.311 e. The van der Waals surface area contributed by atoms with Gasteiger partial charge in [-0.1, -0.05) is 24.3 Å². The van der Waals surface area contributed by atoms with Gasteiger partial charge in [-0.2, -0.15) is 0 Å². The fourth-order valence-electron chi connectivity index (χ4n) is 3.46. The number of hydrogen-bond donors (Lipinski definition) is 1. The number of esters is 1. The van der Waals surface area contributed by atoms with E-state index in [9.17, 15) is 9.90 Å². The van der Waals surface area contributed by atoms with E-state index >= 15 is 0 Å². The Bertz CT molecular complexity index is 803. The summed E-state index contributed by atoms with van der Waals surface area (Å²) in [6.07, 6.45) is 1.26. The molecule has 0 bridgehead atoms. The lowest BCUT2D eigenvalue weighted by Gasteiger charge is -2.17. The number of methoxy groups -OCH3 is 2. The molecule has 1 saturated carbocycles. The normalized spacial score (nSPS) is 20.1. The topological polar surface area (TPSA) is 65.0 Å². The fourth-order valence-corrected chi connectivity index (χ4v) is 3.46. The monoisotopic (exact) mass is 384 g/mol. The summed E-state index contributed by atoms with van der Waals surface area (Å²) in [5.41, 5.74) is 1.94. The molecule has 1 aliphatic rings. The molecule has 2 aromatic rings. The predicted molar refractivity (Wildman–Crippen MR) is 106 cm³/mol. The first-order valence-corrected chi connectivity index (χ1v) is 9.63. The van der Waals surface area contributed by atoms with Crippen molar-refractivity contribution >= 4 is 5.97 Å². The molecule has 2 aromatic carbocycles. The second kappa shape index (κ2) is 9.11. The first kappa shape index (κ1) is 20.2. The third-order valence-corrected chi connectivity index (χ3v) is 5.41. The molecule has 0 saturated heterocycles. The van der Waals surface area contributed by atoms with Gasteiger partial charge in [0.1, 0.15) is 11.5 Å². The van der Waals surface area contributed by atoms with Gasteiger partial charge >= 0.3 is 5.97 Å². The number of aliphatic hydroxyl groups is 1. The van der Waals surface area contributed by atoms with E-state index in [0.29, 0.717) is 29.8 Å². The fraction of sp³-hybridized carbons (Fsp3) is 0.435. The van der Waals surface area contributed by atoms with E-state index in [2.05, 4.69) is 12.1 Å². The van der Waals surface area contributed by atoms with Crippen LogP contribution in [0.25, 0.3) is 0 Å². The number of aliphatic hydroxyl groups excluding tert-OH is 1. The van der Waals surface area contributed by atoms with Crippen LogP contribution in [0.2, 0.25) is 0 Å². The highest BCUT2D eigenvalue weighted by atomic mass is 16.5. The number of rotatable bonds is 9. The molecule has 0 amide bonds. The lowest BCUT2D eigenvalue weighted by Crippen LogP contribution is -2.20. The summed E-state index contributed by atoms with van der Waals surface area (Å²) in [5, 5.41) is 10.4. The molecule has 0 radical (unpaired) electrons. The zero-order valence-electron chi connectivity index (χ0n) is 16.6. The number of ether oxygens (including phenoxy) is 3. The van der Waals surface area contributed by atoms with Crippen LogP contribution in [0.4, 0.5) is 0 Å². The molecule has 5 heteroatoms. The van der Waals surface area contributed by atoms with Gasteiger partial charge in [0.15, 0.2) is 0 Å². The first-order valence-electron chi connectivity index (χ1n) is 9.63. The Labute approximate surface area is 166 Å². The van der Waals surface area contributed by atoms with E-state index in [1.54, 1.807) is 26.2 Å². The SMILES string of the molecule is COC(=O)[C@@H](C)[C@@H](O)c1cccc(OC[C@@H]2C[C@H]2Cc2cccc(OC)c2)c1. The Morgan fingerprint density at radius 1 is 1.11 bits per heavy atom. The summed E-state index contributed by atoms with van der Waals surface area (Å²) in [5.74, 6) is 1.70. The molecule has 4 atom stereocenters. The zero-order chi connectivity index (χ0) is 20.1. The third kappa shape index (κ3) is 5.04. The van der Waals surface area contributed by atoms with Gasteiger partial charge in [-0.15, -0.1) is 0 Å². The summed E-state index contributed by atoms with van der Waals surface area (Å²) in [4.78, 5) is 11.6. The molecule has 28 heavy (non-hydrogen) atoms. The van der Waals surface area contributed by atoms with E-state index < -0.39 is 18.0 Å². The Balaban J connectivity index is 1.51. The van der Waals surface area contributed by atoms with Crippen molar-refractivity contribution in [3.8, 4) is 11.5 Å². The molecule has 0 aromatic heterocycles. The van der Waals surface area contributed by atoms with E-state index in [4.69, 9.17) is 14.2 Å². The molecule has 0 unspecified atom stereocenters. The van der Waals surface area contributed by atoms with Crippen LogP contribution in [-0.4, -0.2) is 31.9 Å². The third-order valence-electron chi connectivity index (χ3n) is 5.41. The van der Waals surface area contributed by atoms with Crippen LogP contribution in [0.15, 0.2) is 48.5 Å².